The lowest BCUT2D eigenvalue weighted by Gasteiger charge is -2.18. The molecule has 0 aliphatic rings. The highest BCUT2D eigenvalue weighted by molar-refractivity contribution is 5.90. The molecule has 0 fully saturated rings. The van der Waals surface area contributed by atoms with Crippen molar-refractivity contribution in [1.82, 2.24) is 0 Å². The summed E-state index contributed by atoms with van der Waals surface area (Å²) in [6.45, 7) is 21.4. The van der Waals surface area contributed by atoms with Crippen molar-refractivity contribution in [3.63, 3.8) is 0 Å². The summed E-state index contributed by atoms with van der Waals surface area (Å²) in [5, 5.41) is 22.0. The number of phenols is 2. The minimum absolute atomic E-state index is 0.0646. The third-order valence-corrected chi connectivity index (χ3v) is 5.84. The van der Waals surface area contributed by atoms with Crippen LogP contribution in [0.1, 0.15) is 48.6 Å². The third kappa shape index (κ3) is 4.65. The van der Waals surface area contributed by atoms with E-state index >= 15 is 0 Å². The molecule has 3 aromatic rings. The van der Waals surface area contributed by atoms with Gasteiger partial charge < -0.3 is 14.6 Å². The van der Waals surface area contributed by atoms with E-state index in [2.05, 4.69) is 19.7 Å². The van der Waals surface area contributed by atoms with Gasteiger partial charge in [-0.15, -0.1) is 0 Å². The van der Waals surface area contributed by atoms with Gasteiger partial charge in [0.1, 0.15) is 28.2 Å². The van der Waals surface area contributed by atoms with Crippen LogP contribution in [-0.2, 0) is 19.3 Å². The Bertz CT molecular complexity index is 1370. The van der Waals surface area contributed by atoms with Gasteiger partial charge >= 0.3 is 0 Å². The first-order chi connectivity index (χ1) is 15.4. The molecule has 0 aliphatic carbocycles. The Hall–Kier alpha value is -3.53. The van der Waals surface area contributed by atoms with E-state index in [0.717, 1.165) is 33.4 Å². The summed E-state index contributed by atoms with van der Waals surface area (Å²) in [5.41, 5.74) is 7.07. The van der Waals surface area contributed by atoms with Crippen LogP contribution in [0.3, 0.4) is 0 Å². The minimum Gasteiger partial charge on any atom is -0.507 e. The lowest BCUT2D eigenvalue weighted by Crippen LogP contribution is -2.08. The van der Waals surface area contributed by atoms with Crippen molar-refractivity contribution < 1.29 is 14.6 Å². The molecule has 4 heteroatoms. The summed E-state index contributed by atoms with van der Waals surface area (Å²) in [6.07, 6.45) is 1.42. The standard InChI is InChI=1S/C29H32O4/c1-15(2)11-21-19(8)22(12-16(3)4)29-26(28(21)32)24(30)14-25(33-29)20-10-9-18(7)27(31)23(20)13-17(5)6/h9-10,14,31-32H,1,3,5,11-13H2,2,4,6-8H3. The van der Waals surface area contributed by atoms with Crippen LogP contribution >= 0.6 is 0 Å². The van der Waals surface area contributed by atoms with Gasteiger partial charge in [-0.1, -0.05) is 48.6 Å². The van der Waals surface area contributed by atoms with E-state index in [1.807, 2.05) is 40.7 Å². The largest absolute Gasteiger partial charge is 0.507 e. The first-order valence-corrected chi connectivity index (χ1v) is 11.0. The van der Waals surface area contributed by atoms with Crippen molar-refractivity contribution >= 4 is 11.0 Å². The number of phenolic OH excluding ortho intramolecular Hbond substituents is 2. The van der Waals surface area contributed by atoms with Gasteiger partial charge in [-0.05, 0) is 65.0 Å². The van der Waals surface area contributed by atoms with E-state index in [4.69, 9.17) is 4.42 Å². The normalized spacial score (nSPS) is 11.1. The number of hydrogen-bond acceptors (Lipinski definition) is 4. The second-order valence-electron chi connectivity index (χ2n) is 9.27. The van der Waals surface area contributed by atoms with Crippen LogP contribution in [0.15, 0.2) is 63.9 Å². The Balaban J connectivity index is 2.43. The van der Waals surface area contributed by atoms with Crippen LogP contribution in [0.25, 0.3) is 22.3 Å². The number of hydrogen-bond donors (Lipinski definition) is 2. The van der Waals surface area contributed by atoms with Gasteiger partial charge in [-0.3, -0.25) is 4.79 Å². The lowest BCUT2D eigenvalue weighted by molar-refractivity contribution is 0.464. The van der Waals surface area contributed by atoms with Gasteiger partial charge in [-0.2, -0.15) is 0 Å². The van der Waals surface area contributed by atoms with Crippen LogP contribution < -0.4 is 5.43 Å². The number of aryl methyl sites for hydroxylation is 1. The van der Waals surface area contributed by atoms with Gasteiger partial charge in [-0.25, -0.2) is 0 Å². The third-order valence-electron chi connectivity index (χ3n) is 5.84. The molecule has 0 radical (unpaired) electrons. The molecular weight excluding hydrogens is 412 g/mol. The highest BCUT2D eigenvalue weighted by Crippen LogP contribution is 2.39. The van der Waals surface area contributed by atoms with Crippen molar-refractivity contribution in [2.75, 3.05) is 0 Å². The molecule has 2 aromatic carbocycles. The number of fused-ring (bicyclic) bond motifs is 1. The Morgan fingerprint density at radius 2 is 1.39 bits per heavy atom. The zero-order valence-electron chi connectivity index (χ0n) is 20.2. The quantitative estimate of drug-likeness (QED) is 0.391. The van der Waals surface area contributed by atoms with Crippen LogP contribution in [-0.4, -0.2) is 10.2 Å². The summed E-state index contributed by atoms with van der Waals surface area (Å²) < 4.78 is 6.34. The molecule has 0 saturated carbocycles. The smallest absolute Gasteiger partial charge is 0.197 e. The van der Waals surface area contributed by atoms with Gasteiger partial charge in [0.15, 0.2) is 5.43 Å². The molecule has 0 atom stereocenters. The Morgan fingerprint density at radius 3 is 1.97 bits per heavy atom. The van der Waals surface area contributed by atoms with Crippen molar-refractivity contribution in [3.05, 3.63) is 92.7 Å². The molecule has 0 aliphatic heterocycles. The zero-order chi connectivity index (χ0) is 24.6. The summed E-state index contributed by atoms with van der Waals surface area (Å²) in [7, 11) is 0. The van der Waals surface area contributed by atoms with Crippen LogP contribution in [0.2, 0.25) is 0 Å². The molecule has 3 rings (SSSR count). The van der Waals surface area contributed by atoms with E-state index < -0.39 is 0 Å². The Kier molecular flexibility index (Phi) is 6.68. The summed E-state index contributed by atoms with van der Waals surface area (Å²) >= 11 is 0. The van der Waals surface area contributed by atoms with Crippen LogP contribution in [0.4, 0.5) is 0 Å². The first kappa shape index (κ1) is 24.1. The lowest BCUT2D eigenvalue weighted by atomic mass is 9.90. The molecule has 0 spiro atoms. The minimum atomic E-state index is -0.337. The fourth-order valence-corrected chi connectivity index (χ4v) is 4.24. The number of allylic oxidation sites excluding steroid dienone is 3. The van der Waals surface area contributed by atoms with E-state index in [1.54, 1.807) is 6.07 Å². The molecular formula is C29H32O4. The molecule has 0 amide bonds. The molecule has 1 heterocycles. The van der Waals surface area contributed by atoms with E-state index in [-0.39, 0.29) is 22.3 Å². The first-order valence-electron chi connectivity index (χ1n) is 11.0. The summed E-state index contributed by atoms with van der Waals surface area (Å²) in [6, 6.07) is 5.03. The maximum atomic E-state index is 13.3. The van der Waals surface area contributed by atoms with Gasteiger partial charge in [0.2, 0.25) is 0 Å². The van der Waals surface area contributed by atoms with Crippen LogP contribution in [0, 0.1) is 13.8 Å². The Morgan fingerprint density at radius 1 is 0.848 bits per heavy atom. The molecule has 2 N–H and O–H groups in total. The van der Waals surface area contributed by atoms with Crippen molar-refractivity contribution in [3.8, 4) is 22.8 Å². The van der Waals surface area contributed by atoms with E-state index in [1.165, 1.54) is 6.07 Å². The molecule has 33 heavy (non-hydrogen) atoms. The van der Waals surface area contributed by atoms with Crippen molar-refractivity contribution in [1.29, 1.82) is 0 Å². The average molecular weight is 445 g/mol. The predicted molar refractivity (Wildman–Crippen MR) is 136 cm³/mol. The second kappa shape index (κ2) is 9.14. The second-order valence-corrected chi connectivity index (χ2v) is 9.27. The van der Waals surface area contributed by atoms with Crippen LogP contribution in [0.5, 0.6) is 11.5 Å². The number of rotatable bonds is 7. The maximum Gasteiger partial charge on any atom is 0.197 e. The molecule has 0 unspecified atom stereocenters. The summed E-state index contributed by atoms with van der Waals surface area (Å²) in [5.74, 6) is 0.440. The highest BCUT2D eigenvalue weighted by atomic mass is 16.3. The molecule has 0 bridgehead atoms. The molecule has 4 nitrogen and oxygen atoms in total. The predicted octanol–water partition coefficient (Wildman–Crippen LogP) is 6.84. The Labute approximate surface area is 195 Å². The molecule has 172 valence electrons. The molecule has 1 aromatic heterocycles. The van der Waals surface area contributed by atoms with Crippen molar-refractivity contribution in [2.24, 2.45) is 0 Å². The average Bonchev–Trinajstić information content (AvgIpc) is 2.71. The van der Waals surface area contributed by atoms with Crippen molar-refractivity contribution in [2.45, 2.75) is 53.9 Å². The monoisotopic (exact) mass is 444 g/mol. The van der Waals surface area contributed by atoms with Gasteiger partial charge in [0.05, 0.1) is 0 Å². The van der Waals surface area contributed by atoms with E-state index in [9.17, 15) is 15.0 Å². The fourth-order valence-electron chi connectivity index (χ4n) is 4.24. The zero-order valence-corrected chi connectivity index (χ0v) is 20.2. The topological polar surface area (TPSA) is 70.7 Å². The maximum absolute atomic E-state index is 13.3. The number of aromatic hydroxyl groups is 2. The van der Waals surface area contributed by atoms with Gasteiger partial charge in [0, 0.05) is 28.3 Å². The summed E-state index contributed by atoms with van der Waals surface area (Å²) in [4.78, 5) is 13.3. The number of benzene rings is 2. The highest BCUT2D eigenvalue weighted by Gasteiger charge is 2.23. The SMILES string of the molecule is C=C(C)Cc1c(-c2cc(=O)c3c(O)c(CC(=C)C)c(C)c(CC(=C)C)c3o2)ccc(C)c1O. The molecule has 0 saturated heterocycles. The van der Waals surface area contributed by atoms with Gasteiger partial charge in [0.25, 0.3) is 0 Å². The van der Waals surface area contributed by atoms with E-state index in [0.29, 0.717) is 47.3 Å². The fraction of sp³-hybridized carbons (Fsp3) is 0.276.